The molecule has 3 heterocycles. The first-order chi connectivity index (χ1) is 12.6. The maximum Gasteiger partial charge on any atom is 0.262 e. The van der Waals surface area contributed by atoms with Crippen molar-refractivity contribution < 1.29 is 19.3 Å². The molecule has 0 radical (unpaired) electrons. The SMILES string of the molecule is CCc1cc2c(=O)n(C[C@H](O)COc3ccc4c(c3)OCO4)cnc2s1. The summed E-state index contributed by atoms with van der Waals surface area (Å²) in [6.45, 7) is 2.40. The number of nitrogens with zero attached hydrogens (tertiary/aromatic N) is 2. The maximum atomic E-state index is 12.5. The second-order valence-corrected chi connectivity index (χ2v) is 7.08. The molecule has 1 aliphatic heterocycles. The number of hydrogen-bond donors (Lipinski definition) is 1. The molecule has 0 bridgehead atoms. The molecule has 1 aliphatic rings. The summed E-state index contributed by atoms with van der Waals surface area (Å²) in [5, 5.41) is 10.8. The van der Waals surface area contributed by atoms with Crippen LogP contribution in [-0.4, -0.2) is 34.2 Å². The molecule has 1 atom stereocenters. The Morgan fingerprint density at radius 2 is 2.19 bits per heavy atom. The number of aliphatic hydroxyl groups excluding tert-OH is 1. The lowest BCUT2D eigenvalue weighted by atomic mass is 10.3. The molecule has 1 N–H and O–H groups in total. The van der Waals surface area contributed by atoms with E-state index in [0.29, 0.717) is 22.6 Å². The van der Waals surface area contributed by atoms with Crippen molar-refractivity contribution in [2.75, 3.05) is 13.4 Å². The van der Waals surface area contributed by atoms with Gasteiger partial charge in [-0.25, -0.2) is 4.98 Å². The summed E-state index contributed by atoms with van der Waals surface area (Å²) in [6, 6.07) is 7.10. The molecular weight excluding hydrogens is 356 g/mol. The van der Waals surface area contributed by atoms with Crippen molar-refractivity contribution in [1.82, 2.24) is 9.55 Å². The first-order valence-corrected chi connectivity index (χ1v) is 9.14. The van der Waals surface area contributed by atoms with Gasteiger partial charge in [0.05, 0.1) is 18.3 Å². The molecule has 3 aromatic rings. The normalized spacial score (nSPS) is 13.9. The highest BCUT2D eigenvalue weighted by Gasteiger charge is 2.15. The Labute approximate surface area is 153 Å². The average Bonchev–Trinajstić information content (AvgIpc) is 3.28. The summed E-state index contributed by atoms with van der Waals surface area (Å²) in [7, 11) is 0. The topological polar surface area (TPSA) is 82.8 Å². The van der Waals surface area contributed by atoms with Crippen molar-refractivity contribution in [2.24, 2.45) is 0 Å². The number of thiophene rings is 1. The summed E-state index contributed by atoms with van der Waals surface area (Å²) in [5.74, 6) is 1.86. The van der Waals surface area contributed by atoms with E-state index in [2.05, 4.69) is 4.98 Å². The fourth-order valence-corrected chi connectivity index (χ4v) is 3.68. The summed E-state index contributed by atoms with van der Waals surface area (Å²) in [4.78, 5) is 18.7. The summed E-state index contributed by atoms with van der Waals surface area (Å²) < 4.78 is 17.6. The third kappa shape index (κ3) is 3.25. The van der Waals surface area contributed by atoms with Crippen molar-refractivity contribution in [2.45, 2.75) is 26.0 Å². The fraction of sp³-hybridized carbons (Fsp3) is 0.333. The Hall–Kier alpha value is -2.58. The predicted molar refractivity (Wildman–Crippen MR) is 97.3 cm³/mol. The van der Waals surface area contributed by atoms with Gasteiger partial charge >= 0.3 is 0 Å². The molecule has 4 rings (SSSR count). The van der Waals surface area contributed by atoms with Gasteiger partial charge in [0.1, 0.15) is 23.3 Å². The molecule has 2 aromatic heterocycles. The molecule has 8 heteroatoms. The lowest BCUT2D eigenvalue weighted by Crippen LogP contribution is -2.30. The van der Waals surface area contributed by atoms with E-state index in [0.717, 1.165) is 16.1 Å². The van der Waals surface area contributed by atoms with Gasteiger partial charge in [-0.3, -0.25) is 9.36 Å². The molecule has 0 spiro atoms. The number of benzene rings is 1. The molecule has 0 saturated carbocycles. The van der Waals surface area contributed by atoms with E-state index in [4.69, 9.17) is 14.2 Å². The van der Waals surface area contributed by atoms with Crippen LogP contribution in [0.3, 0.4) is 0 Å². The zero-order chi connectivity index (χ0) is 18.1. The minimum absolute atomic E-state index is 0.0496. The third-order valence-corrected chi connectivity index (χ3v) is 5.30. The Kier molecular flexibility index (Phi) is 4.52. The van der Waals surface area contributed by atoms with E-state index in [1.807, 2.05) is 13.0 Å². The monoisotopic (exact) mass is 374 g/mol. The van der Waals surface area contributed by atoms with Gasteiger partial charge in [-0.15, -0.1) is 11.3 Å². The van der Waals surface area contributed by atoms with Crippen molar-refractivity contribution >= 4 is 21.6 Å². The summed E-state index contributed by atoms with van der Waals surface area (Å²) >= 11 is 1.52. The largest absolute Gasteiger partial charge is 0.491 e. The molecule has 0 fully saturated rings. The van der Waals surface area contributed by atoms with Gasteiger partial charge in [0.25, 0.3) is 5.56 Å². The van der Waals surface area contributed by atoms with Crippen LogP contribution in [0.25, 0.3) is 10.2 Å². The zero-order valence-corrected chi connectivity index (χ0v) is 15.0. The molecule has 7 nitrogen and oxygen atoms in total. The zero-order valence-electron chi connectivity index (χ0n) is 14.2. The van der Waals surface area contributed by atoms with Crippen LogP contribution in [0, 0.1) is 0 Å². The molecule has 136 valence electrons. The number of rotatable bonds is 6. The molecular formula is C18H18N2O5S. The van der Waals surface area contributed by atoms with Crippen LogP contribution in [0.4, 0.5) is 0 Å². The first-order valence-electron chi connectivity index (χ1n) is 8.32. The van der Waals surface area contributed by atoms with Crippen LogP contribution in [0.1, 0.15) is 11.8 Å². The number of aliphatic hydroxyl groups is 1. The molecule has 0 unspecified atom stereocenters. The second kappa shape index (κ2) is 6.97. The van der Waals surface area contributed by atoms with E-state index < -0.39 is 6.10 Å². The summed E-state index contributed by atoms with van der Waals surface area (Å²) in [6.07, 6.45) is 1.50. The van der Waals surface area contributed by atoms with Crippen LogP contribution in [0.15, 0.2) is 35.4 Å². The quantitative estimate of drug-likeness (QED) is 0.712. The highest BCUT2D eigenvalue weighted by atomic mass is 32.1. The standard InChI is InChI=1S/C18H18N2O5S/c1-2-13-6-14-17(26-13)19-9-20(18(14)22)7-11(21)8-23-12-3-4-15-16(5-12)25-10-24-15/h3-6,9,11,21H,2,7-8,10H2,1H3/t11-/m0/s1. The number of aromatic nitrogens is 2. The number of aryl methyl sites for hydroxylation is 1. The Morgan fingerprint density at radius 1 is 1.35 bits per heavy atom. The number of hydrogen-bond acceptors (Lipinski definition) is 7. The van der Waals surface area contributed by atoms with E-state index in [9.17, 15) is 9.90 Å². The van der Waals surface area contributed by atoms with Crippen LogP contribution >= 0.6 is 11.3 Å². The smallest absolute Gasteiger partial charge is 0.262 e. The van der Waals surface area contributed by atoms with E-state index in [1.54, 1.807) is 18.2 Å². The van der Waals surface area contributed by atoms with Gasteiger partial charge < -0.3 is 19.3 Å². The van der Waals surface area contributed by atoms with Gasteiger partial charge in [0.2, 0.25) is 6.79 Å². The molecule has 1 aromatic carbocycles. The molecule has 0 aliphatic carbocycles. The first kappa shape index (κ1) is 16.9. The Balaban J connectivity index is 1.43. The van der Waals surface area contributed by atoms with Gasteiger partial charge in [0.15, 0.2) is 11.5 Å². The second-order valence-electron chi connectivity index (χ2n) is 5.97. The van der Waals surface area contributed by atoms with E-state index in [-0.39, 0.29) is 25.5 Å². The molecule has 0 saturated heterocycles. The highest BCUT2D eigenvalue weighted by molar-refractivity contribution is 7.18. The minimum Gasteiger partial charge on any atom is -0.491 e. The molecule has 0 amide bonds. The Morgan fingerprint density at radius 3 is 3.04 bits per heavy atom. The predicted octanol–water partition coefficient (Wildman–Crippen LogP) is 2.19. The van der Waals surface area contributed by atoms with Crippen LogP contribution in [0.5, 0.6) is 17.2 Å². The van der Waals surface area contributed by atoms with Crippen LogP contribution in [0.2, 0.25) is 0 Å². The average molecular weight is 374 g/mol. The van der Waals surface area contributed by atoms with Gasteiger partial charge in [-0.2, -0.15) is 0 Å². The van der Waals surface area contributed by atoms with E-state index in [1.165, 1.54) is 22.2 Å². The van der Waals surface area contributed by atoms with Gasteiger partial charge in [0, 0.05) is 10.9 Å². The van der Waals surface area contributed by atoms with Crippen LogP contribution in [-0.2, 0) is 13.0 Å². The highest BCUT2D eigenvalue weighted by Crippen LogP contribution is 2.35. The van der Waals surface area contributed by atoms with Crippen LogP contribution < -0.4 is 19.8 Å². The van der Waals surface area contributed by atoms with Crippen molar-refractivity contribution in [3.05, 3.63) is 45.8 Å². The number of fused-ring (bicyclic) bond motifs is 2. The van der Waals surface area contributed by atoms with Crippen molar-refractivity contribution in [3.8, 4) is 17.2 Å². The molecule has 26 heavy (non-hydrogen) atoms. The van der Waals surface area contributed by atoms with Crippen molar-refractivity contribution in [3.63, 3.8) is 0 Å². The fourth-order valence-electron chi connectivity index (χ4n) is 2.75. The lowest BCUT2D eigenvalue weighted by molar-refractivity contribution is 0.0913. The van der Waals surface area contributed by atoms with E-state index >= 15 is 0 Å². The third-order valence-electron chi connectivity index (χ3n) is 4.11. The maximum absolute atomic E-state index is 12.5. The van der Waals surface area contributed by atoms with Gasteiger partial charge in [-0.05, 0) is 24.6 Å². The Bertz CT molecular complexity index is 997. The summed E-state index contributed by atoms with van der Waals surface area (Å²) in [5.41, 5.74) is -0.145. The number of ether oxygens (including phenoxy) is 3. The van der Waals surface area contributed by atoms with Crippen molar-refractivity contribution in [1.29, 1.82) is 0 Å². The van der Waals surface area contributed by atoms with Gasteiger partial charge in [-0.1, -0.05) is 6.92 Å². The minimum atomic E-state index is -0.846. The lowest BCUT2D eigenvalue weighted by Gasteiger charge is -2.14.